The molecule has 0 heterocycles. The van der Waals surface area contributed by atoms with E-state index >= 15 is 0 Å². The predicted octanol–water partition coefficient (Wildman–Crippen LogP) is 4.83. The Hall–Kier alpha value is -1.75. The normalized spacial score (nSPS) is 11.7. The molecule has 0 radical (unpaired) electrons. The first-order valence-electron chi connectivity index (χ1n) is 6.59. The molecule has 120 valence electrons. The van der Waals surface area contributed by atoms with Crippen molar-refractivity contribution in [1.82, 2.24) is 0 Å². The maximum absolute atomic E-state index is 12.0. The van der Waals surface area contributed by atoms with Crippen molar-refractivity contribution >= 4 is 52.4 Å². The number of hydrogen-bond acceptors (Lipinski definition) is 3. The molecule has 2 aromatic rings. The van der Waals surface area contributed by atoms with E-state index in [4.69, 9.17) is 39.5 Å². The van der Waals surface area contributed by atoms with Crippen LogP contribution in [0.3, 0.4) is 0 Å². The zero-order valence-corrected chi connectivity index (χ0v) is 14.2. The summed E-state index contributed by atoms with van der Waals surface area (Å²) in [6.45, 7) is 1.47. The molecule has 0 aliphatic heterocycles. The van der Waals surface area contributed by atoms with Crippen LogP contribution in [-0.4, -0.2) is 18.0 Å². The zero-order valence-electron chi connectivity index (χ0n) is 12.0. The Morgan fingerprint density at radius 2 is 1.78 bits per heavy atom. The molecule has 7 heteroatoms. The SMILES string of the molecule is C[C@H](OC(=O)c1ccc(Cl)c(Cl)c1)C(=O)Nc1cccc(Cl)c1. The van der Waals surface area contributed by atoms with Gasteiger partial charge in [-0.15, -0.1) is 0 Å². The number of nitrogens with one attached hydrogen (secondary N) is 1. The number of rotatable bonds is 4. The van der Waals surface area contributed by atoms with E-state index in [0.29, 0.717) is 15.7 Å². The topological polar surface area (TPSA) is 55.4 Å². The van der Waals surface area contributed by atoms with Gasteiger partial charge in [-0.1, -0.05) is 40.9 Å². The first-order chi connectivity index (χ1) is 10.9. The highest BCUT2D eigenvalue weighted by Gasteiger charge is 2.19. The van der Waals surface area contributed by atoms with Gasteiger partial charge in [0.15, 0.2) is 6.10 Å². The number of anilines is 1. The molecule has 0 saturated carbocycles. The van der Waals surface area contributed by atoms with E-state index in [9.17, 15) is 9.59 Å². The van der Waals surface area contributed by atoms with Crippen LogP contribution in [0.5, 0.6) is 0 Å². The van der Waals surface area contributed by atoms with Crippen molar-refractivity contribution in [3.8, 4) is 0 Å². The molecule has 0 aliphatic rings. The number of carbonyl (C=O) groups is 2. The van der Waals surface area contributed by atoms with Gasteiger partial charge in [-0.2, -0.15) is 0 Å². The second-order valence-electron chi connectivity index (χ2n) is 4.68. The first kappa shape index (κ1) is 17.6. The van der Waals surface area contributed by atoms with Crippen LogP contribution in [0, 0.1) is 0 Å². The van der Waals surface area contributed by atoms with Crippen LogP contribution in [0.2, 0.25) is 15.1 Å². The molecular weight excluding hydrogens is 361 g/mol. The number of benzene rings is 2. The Labute approximate surface area is 148 Å². The van der Waals surface area contributed by atoms with Crippen LogP contribution in [0.15, 0.2) is 42.5 Å². The van der Waals surface area contributed by atoms with Crippen molar-refractivity contribution in [3.63, 3.8) is 0 Å². The van der Waals surface area contributed by atoms with Crippen molar-refractivity contribution in [2.75, 3.05) is 5.32 Å². The molecule has 0 aromatic heterocycles. The fourth-order valence-corrected chi connectivity index (χ4v) is 2.20. The summed E-state index contributed by atoms with van der Waals surface area (Å²) >= 11 is 17.5. The maximum Gasteiger partial charge on any atom is 0.338 e. The summed E-state index contributed by atoms with van der Waals surface area (Å²) in [6.07, 6.45) is -0.990. The Bertz CT molecular complexity index is 749. The second kappa shape index (κ2) is 7.68. The van der Waals surface area contributed by atoms with Crippen LogP contribution in [0.1, 0.15) is 17.3 Å². The molecule has 0 aliphatic carbocycles. The molecule has 2 rings (SSSR count). The van der Waals surface area contributed by atoms with E-state index in [1.807, 2.05) is 0 Å². The highest BCUT2D eigenvalue weighted by atomic mass is 35.5. The molecule has 2 aromatic carbocycles. The number of hydrogen-bond donors (Lipinski definition) is 1. The number of ether oxygens (including phenoxy) is 1. The lowest BCUT2D eigenvalue weighted by atomic mass is 10.2. The molecule has 1 atom stereocenters. The summed E-state index contributed by atoms with van der Waals surface area (Å²) in [5, 5.41) is 3.66. The largest absolute Gasteiger partial charge is 0.449 e. The van der Waals surface area contributed by atoms with Crippen molar-refractivity contribution in [1.29, 1.82) is 0 Å². The van der Waals surface area contributed by atoms with E-state index in [1.54, 1.807) is 24.3 Å². The van der Waals surface area contributed by atoms with Gasteiger partial charge in [-0.3, -0.25) is 4.79 Å². The Balaban J connectivity index is 2.00. The summed E-state index contributed by atoms with van der Waals surface area (Å²) in [6, 6.07) is 11.0. The lowest BCUT2D eigenvalue weighted by Crippen LogP contribution is -2.30. The second-order valence-corrected chi connectivity index (χ2v) is 5.93. The van der Waals surface area contributed by atoms with Crippen molar-refractivity contribution in [2.45, 2.75) is 13.0 Å². The summed E-state index contributed by atoms with van der Waals surface area (Å²) in [7, 11) is 0. The van der Waals surface area contributed by atoms with Gasteiger partial charge >= 0.3 is 5.97 Å². The lowest BCUT2D eigenvalue weighted by molar-refractivity contribution is -0.123. The van der Waals surface area contributed by atoms with E-state index < -0.39 is 18.0 Å². The molecule has 1 amide bonds. The average molecular weight is 373 g/mol. The van der Waals surface area contributed by atoms with Crippen LogP contribution >= 0.6 is 34.8 Å². The van der Waals surface area contributed by atoms with Crippen LogP contribution in [-0.2, 0) is 9.53 Å². The third-order valence-corrected chi connectivity index (χ3v) is 3.87. The molecular formula is C16H12Cl3NO3. The average Bonchev–Trinajstić information content (AvgIpc) is 2.49. The van der Waals surface area contributed by atoms with Gasteiger partial charge in [0.05, 0.1) is 15.6 Å². The molecule has 4 nitrogen and oxygen atoms in total. The minimum absolute atomic E-state index is 0.210. The predicted molar refractivity (Wildman–Crippen MR) is 91.4 cm³/mol. The maximum atomic E-state index is 12.0. The fraction of sp³-hybridized carbons (Fsp3) is 0.125. The fourth-order valence-electron chi connectivity index (χ4n) is 1.72. The first-order valence-corrected chi connectivity index (χ1v) is 7.72. The minimum atomic E-state index is -0.990. The lowest BCUT2D eigenvalue weighted by Gasteiger charge is -2.14. The van der Waals surface area contributed by atoms with Crippen molar-refractivity contribution in [3.05, 3.63) is 63.1 Å². The molecule has 0 bridgehead atoms. The summed E-state index contributed by atoms with van der Waals surface area (Å²) in [5.41, 5.74) is 0.724. The van der Waals surface area contributed by atoms with Gasteiger partial charge in [0.2, 0.25) is 0 Å². The van der Waals surface area contributed by atoms with Crippen LogP contribution < -0.4 is 5.32 Å². The van der Waals surface area contributed by atoms with Crippen molar-refractivity contribution < 1.29 is 14.3 Å². The van der Waals surface area contributed by atoms with E-state index in [0.717, 1.165) is 0 Å². The highest BCUT2D eigenvalue weighted by Crippen LogP contribution is 2.23. The summed E-state index contributed by atoms with van der Waals surface area (Å²) in [4.78, 5) is 24.0. The zero-order chi connectivity index (χ0) is 17.0. The monoisotopic (exact) mass is 371 g/mol. The van der Waals surface area contributed by atoms with Crippen LogP contribution in [0.4, 0.5) is 5.69 Å². The van der Waals surface area contributed by atoms with Gasteiger partial charge in [0, 0.05) is 10.7 Å². The number of carbonyl (C=O) groups excluding carboxylic acids is 2. The molecule has 0 spiro atoms. The molecule has 23 heavy (non-hydrogen) atoms. The van der Waals surface area contributed by atoms with E-state index in [2.05, 4.69) is 5.32 Å². The summed E-state index contributed by atoms with van der Waals surface area (Å²) in [5.74, 6) is -1.14. The minimum Gasteiger partial charge on any atom is -0.449 e. The smallest absolute Gasteiger partial charge is 0.338 e. The molecule has 1 N–H and O–H groups in total. The van der Waals surface area contributed by atoms with Gasteiger partial charge in [-0.05, 0) is 43.3 Å². The van der Waals surface area contributed by atoms with E-state index in [-0.39, 0.29) is 10.6 Å². The Kier molecular flexibility index (Phi) is 5.88. The van der Waals surface area contributed by atoms with Gasteiger partial charge in [-0.25, -0.2) is 4.79 Å². The molecule has 0 fully saturated rings. The number of esters is 1. The third kappa shape index (κ3) is 4.86. The van der Waals surface area contributed by atoms with Gasteiger partial charge in [0.1, 0.15) is 0 Å². The molecule has 0 unspecified atom stereocenters. The van der Waals surface area contributed by atoms with Crippen molar-refractivity contribution in [2.24, 2.45) is 0 Å². The quantitative estimate of drug-likeness (QED) is 0.782. The molecule has 0 saturated heterocycles. The number of amides is 1. The Morgan fingerprint density at radius 1 is 1.04 bits per heavy atom. The number of halogens is 3. The van der Waals surface area contributed by atoms with Gasteiger partial charge in [0.25, 0.3) is 5.91 Å². The van der Waals surface area contributed by atoms with Gasteiger partial charge < -0.3 is 10.1 Å². The summed E-state index contributed by atoms with van der Waals surface area (Å²) < 4.78 is 5.11. The standard InChI is InChI=1S/C16H12Cl3NO3/c1-9(15(21)20-12-4-2-3-11(17)8-12)23-16(22)10-5-6-13(18)14(19)7-10/h2-9H,1H3,(H,20,21)/t9-/m0/s1. The third-order valence-electron chi connectivity index (χ3n) is 2.90. The van der Waals surface area contributed by atoms with E-state index in [1.165, 1.54) is 25.1 Å². The Morgan fingerprint density at radius 3 is 2.43 bits per heavy atom. The van der Waals surface area contributed by atoms with Crippen LogP contribution in [0.25, 0.3) is 0 Å². The highest BCUT2D eigenvalue weighted by molar-refractivity contribution is 6.42.